The van der Waals surface area contributed by atoms with Gasteiger partial charge in [-0.05, 0) is 120 Å². The Morgan fingerprint density at radius 1 is 0.481 bits per heavy atom. The highest BCUT2D eigenvalue weighted by Gasteiger charge is 2.26. The molecule has 4 aromatic rings. The lowest BCUT2D eigenvalue weighted by atomic mass is 9.73. The summed E-state index contributed by atoms with van der Waals surface area (Å²) in [5, 5.41) is 0. The van der Waals surface area contributed by atoms with Crippen LogP contribution in [0.2, 0.25) is 0 Å². The summed E-state index contributed by atoms with van der Waals surface area (Å²) in [5.41, 5.74) is 25.2. The minimum Gasteiger partial charge on any atom is -0.399 e. The first kappa shape index (κ1) is 39.7. The van der Waals surface area contributed by atoms with Crippen molar-refractivity contribution in [2.75, 3.05) is 11.5 Å². The molecule has 1 saturated carbocycles. The number of nitrogens with two attached hydrogens (primary N) is 2. The molecular formula is C50H70N2. The number of rotatable bonds is 19. The molecule has 0 heterocycles. The van der Waals surface area contributed by atoms with E-state index in [4.69, 9.17) is 11.5 Å². The van der Waals surface area contributed by atoms with Gasteiger partial charge in [-0.25, -0.2) is 0 Å². The van der Waals surface area contributed by atoms with Crippen LogP contribution in [-0.2, 0) is 0 Å². The fourth-order valence-electron chi connectivity index (χ4n) is 9.64. The molecule has 1 aliphatic rings. The molecule has 2 heteroatoms. The molecule has 0 saturated heterocycles. The quantitative estimate of drug-likeness (QED) is 0.0756. The van der Waals surface area contributed by atoms with Crippen molar-refractivity contribution >= 4 is 11.4 Å². The molecule has 0 aliphatic heterocycles. The minimum atomic E-state index is 0.392. The van der Waals surface area contributed by atoms with Crippen molar-refractivity contribution in [2.24, 2.45) is 11.8 Å². The number of anilines is 2. The molecule has 3 unspecified atom stereocenters. The summed E-state index contributed by atoms with van der Waals surface area (Å²) in [6.45, 7) is 11.4. The van der Waals surface area contributed by atoms with E-state index in [-0.39, 0.29) is 0 Å². The van der Waals surface area contributed by atoms with Crippen molar-refractivity contribution in [3.05, 3.63) is 129 Å². The van der Waals surface area contributed by atoms with Gasteiger partial charge in [-0.2, -0.15) is 0 Å². The van der Waals surface area contributed by atoms with Gasteiger partial charge in [-0.1, -0.05) is 158 Å². The molecule has 280 valence electrons. The van der Waals surface area contributed by atoms with E-state index >= 15 is 0 Å². The van der Waals surface area contributed by atoms with E-state index in [9.17, 15) is 0 Å². The molecule has 4 aromatic carbocycles. The standard InChI is InChI=1S/C50H70N2/c1-6-9-10-12-19-39(38-17-13-11-14-18-38)28-31-48(40-20-24-42(25-21-40)49(15-7-2)46-32-29-44(51)34-36(46)4)41-22-26-43(27-23-41)50(16-8-3)47-33-30-45(52)35-37(47)5/h20-27,29-30,32-35,38-39,48-50H,6-19,28,31,51-52H2,1-5H3. The predicted octanol–water partition coefficient (Wildman–Crippen LogP) is 14.4. The number of unbranched alkanes of at least 4 members (excludes halogenated alkanes) is 3. The van der Waals surface area contributed by atoms with E-state index in [2.05, 4.69) is 120 Å². The topological polar surface area (TPSA) is 52.0 Å². The Morgan fingerprint density at radius 2 is 0.942 bits per heavy atom. The Balaban J connectivity index is 1.46. The SMILES string of the molecule is CCCCCCC(CCC(c1ccc(C(CCC)c2ccc(N)cc2C)cc1)c1ccc(C(CCC)c2ccc(N)cc2C)cc1)C1CCCCC1. The van der Waals surface area contributed by atoms with Gasteiger partial charge in [0.15, 0.2) is 0 Å². The molecule has 5 rings (SSSR count). The second-order valence-electron chi connectivity index (χ2n) is 16.4. The van der Waals surface area contributed by atoms with Gasteiger partial charge in [-0.15, -0.1) is 0 Å². The van der Waals surface area contributed by atoms with Gasteiger partial charge in [0.25, 0.3) is 0 Å². The largest absolute Gasteiger partial charge is 0.399 e. The second kappa shape index (κ2) is 20.1. The summed E-state index contributed by atoms with van der Waals surface area (Å²) < 4.78 is 0. The van der Waals surface area contributed by atoms with Crippen molar-refractivity contribution in [2.45, 2.75) is 155 Å². The van der Waals surface area contributed by atoms with Crippen molar-refractivity contribution < 1.29 is 0 Å². The molecule has 52 heavy (non-hydrogen) atoms. The molecule has 3 atom stereocenters. The van der Waals surface area contributed by atoms with Gasteiger partial charge < -0.3 is 11.5 Å². The van der Waals surface area contributed by atoms with Crippen LogP contribution in [0.1, 0.15) is 186 Å². The maximum absolute atomic E-state index is 6.16. The first-order valence-electron chi connectivity index (χ1n) is 21.2. The van der Waals surface area contributed by atoms with Gasteiger partial charge in [0.05, 0.1) is 0 Å². The smallest absolute Gasteiger partial charge is 0.0316 e. The summed E-state index contributed by atoms with van der Waals surface area (Å²) in [7, 11) is 0. The van der Waals surface area contributed by atoms with Crippen molar-refractivity contribution in [3.8, 4) is 0 Å². The summed E-state index contributed by atoms with van der Waals surface area (Å²) >= 11 is 0. The Bertz CT molecular complexity index is 1520. The Kier molecular flexibility index (Phi) is 15.3. The highest BCUT2D eigenvalue weighted by molar-refractivity contribution is 5.50. The second-order valence-corrected chi connectivity index (χ2v) is 16.4. The molecule has 2 nitrogen and oxygen atoms in total. The van der Waals surface area contributed by atoms with Gasteiger partial charge in [0.2, 0.25) is 0 Å². The predicted molar refractivity (Wildman–Crippen MR) is 227 cm³/mol. The van der Waals surface area contributed by atoms with Crippen LogP contribution in [0.15, 0.2) is 84.9 Å². The van der Waals surface area contributed by atoms with Gasteiger partial charge in [-0.3, -0.25) is 0 Å². The van der Waals surface area contributed by atoms with Gasteiger partial charge in [0.1, 0.15) is 0 Å². The Morgan fingerprint density at radius 3 is 1.37 bits per heavy atom. The molecule has 0 amide bonds. The molecule has 0 aromatic heterocycles. The number of benzene rings is 4. The first-order chi connectivity index (χ1) is 25.3. The summed E-state index contributed by atoms with van der Waals surface area (Å²) in [6.07, 6.45) is 21.2. The maximum Gasteiger partial charge on any atom is 0.0316 e. The minimum absolute atomic E-state index is 0.392. The van der Waals surface area contributed by atoms with Crippen LogP contribution in [0.5, 0.6) is 0 Å². The lowest BCUT2D eigenvalue weighted by Crippen LogP contribution is -2.19. The van der Waals surface area contributed by atoms with E-state index in [0.717, 1.165) is 48.9 Å². The van der Waals surface area contributed by atoms with Crippen LogP contribution in [0, 0.1) is 25.7 Å². The zero-order valence-corrected chi connectivity index (χ0v) is 33.4. The van der Waals surface area contributed by atoms with Gasteiger partial charge in [0, 0.05) is 29.1 Å². The summed E-state index contributed by atoms with van der Waals surface area (Å²) in [6, 6.07) is 32.6. The third-order valence-electron chi connectivity index (χ3n) is 12.5. The molecule has 1 aliphatic carbocycles. The van der Waals surface area contributed by atoms with E-state index in [1.54, 1.807) is 0 Å². The number of hydrogen-bond acceptors (Lipinski definition) is 2. The Hall–Kier alpha value is -3.52. The zero-order chi connectivity index (χ0) is 36.9. The van der Waals surface area contributed by atoms with Crippen LogP contribution in [-0.4, -0.2) is 0 Å². The van der Waals surface area contributed by atoms with Crippen LogP contribution in [0.25, 0.3) is 0 Å². The van der Waals surface area contributed by atoms with Crippen molar-refractivity contribution in [3.63, 3.8) is 0 Å². The molecule has 0 radical (unpaired) electrons. The highest BCUT2D eigenvalue weighted by atomic mass is 14.5. The van der Waals surface area contributed by atoms with E-state index in [1.165, 1.54) is 122 Å². The molecule has 4 N–H and O–H groups in total. The molecule has 0 bridgehead atoms. The van der Waals surface area contributed by atoms with Crippen LogP contribution >= 0.6 is 0 Å². The lowest BCUT2D eigenvalue weighted by molar-refractivity contribution is 0.214. The molecule has 1 fully saturated rings. The number of hydrogen-bond donors (Lipinski definition) is 2. The maximum atomic E-state index is 6.16. The van der Waals surface area contributed by atoms with Gasteiger partial charge >= 0.3 is 0 Å². The van der Waals surface area contributed by atoms with E-state index in [0.29, 0.717) is 17.8 Å². The first-order valence-corrected chi connectivity index (χ1v) is 21.2. The number of aryl methyl sites for hydroxylation is 2. The third kappa shape index (κ3) is 10.5. The molecule has 0 spiro atoms. The average Bonchev–Trinajstić information content (AvgIpc) is 3.15. The number of nitrogen functional groups attached to an aromatic ring is 2. The van der Waals surface area contributed by atoms with Crippen LogP contribution in [0.3, 0.4) is 0 Å². The zero-order valence-electron chi connectivity index (χ0n) is 33.4. The molecular weight excluding hydrogens is 629 g/mol. The summed E-state index contributed by atoms with van der Waals surface area (Å²) in [5.74, 6) is 2.95. The third-order valence-corrected chi connectivity index (χ3v) is 12.5. The highest BCUT2D eigenvalue weighted by Crippen LogP contribution is 2.41. The van der Waals surface area contributed by atoms with Crippen LogP contribution < -0.4 is 11.5 Å². The van der Waals surface area contributed by atoms with E-state index in [1.807, 2.05) is 0 Å². The summed E-state index contributed by atoms with van der Waals surface area (Å²) in [4.78, 5) is 0. The average molecular weight is 699 g/mol. The monoisotopic (exact) mass is 699 g/mol. The van der Waals surface area contributed by atoms with Crippen molar-refractivity contribution in [1.29, 1.82) is 0 Å². The fourth-order valence-corrected chi connectivity index (χ4v) is 9.64. The van der Waals surface area contributed by atoms with Crippen LogP contribution in [0.4, 0.5) is 11.4 Å². The fraction of sp³-hybridized carbons (Fsp3) is 0.520. The lowest BCUT2D eigenvalue weighted by Gasteiger charge is -2.32. The Labute approximate surface area is 318 Å². The normalized spacial score (nSPS) is 16.0. The van der Waals surface area contributed by atoms with E-state index < -0.39 is 0 Å². The van der Waals surface area contributed by atoms with Crippen molar-refractivity contribution in [1.82, 2.24) is 0 Å².